The molecule has 2 N–H and O–H groups in total. The molecular formula is C15H18NNiO4-. The molecule has 1 aliphatic rings. The number of phenols is 1. The van der Waals surface area contributed by atoms with Gasteiger partial charge in [-0.25, -0.2) is 0 Å². The molecule has 0 saturated carbocycles. The normalized spacial score (nSPS) is 22.4. The van der Waals surface area contributed by atoms with Crippen molar-refractivity contribution >= 4 is 10.6 Å². The molecule has 118 valence electrons. The molecule has 0 radical (unpaired) electrons. The van der Waals surface area contributed by atoms with E-state index in [1.807, 2.05) is 11.3 Å². The number of aliphatic carboxylic acids is 1. The van der Waals surface area contributed by atoms with Crippen molar-refractivity contribution in [1.29, 1.82) is 0 Å². The molecule has 1 aromatic carbocycles. The van der Waals surface area contributed by atoms with Crippen LogP contribution in [0.4, 0.5) is 0 Å². The number of para-hydroxylation sites is 1. The Morgan fingerprint density at radius 2 is 2.19 bits per heavy atom. The van der Waals surface area contributed by atoms with Crippen LogP contribution in [0.1, 0.15) is 18.4 Å². The standard InChI is InChI=1S/C15H18NO4.Ni/c1-16-12(6-7-13(16)15(18)19)8-9-20-10-11-4-2-3-5-14(11)17;/h2-5,8,12-13,17H,6-7,9H2,1H3,(H,18,19);/q-1;/t12-,13-;/m1./s1. The molecule has 21 heavy (non-hydrogen) atoms. The van der Waals surface area contributed by atoms with Gasteiger partial charge in [-0.15, -0.1) is 0 Å². The molecule has 0 aliphatic carbocycles. The fourth-order valence-electron chi connectivity index (χ4n) is 2.48. The average molecular weight is 335 g/mol. The number of phenolic OH excluding ortho intramolecular Hbond substituents is 1. The van der Waals surface area contributed by atoms with Gasteiger partial charge in [0.1, 0.15) is 0 Å². The molecule has 1 aliphatic heterocycles. The second-order valence-corrected chi connectivity index (χ2v) is 5.42. The summed E-state index contributed by atoms with van der Waals surface area (Å²) in [6.07, 6.45) is 3.35. The minimum absolute atomic E-state index is 0.0725. The van der Waals surface area contributed by atoms with Gasteiger partial charge >= 0.3 is 131 Å². The number of hydrogen-bond donors (Lipinski definition) is 2. The van der Waals surface area contributed by atoms with Gasteiger partial charge in [-0.3, -0.25) is 0 Å². The predicted octanol–water partition coefficient (Wildman–Crippen LogP) is 1.19. The van der Waals surface area contributed by atoms with Crippen molar-refractivity contribution < 1.29 is 34.8 Å². The van der Waals surface area contributed by atoms with Crippen molar-refractivity contribution in [2.45, 2.75) is 24.9 Å². The summed E-state index contributed by atoms with van der Waals surface area (Å²) in [5.41, 5.74) is 0.508. The molecule has 0 unspecified atom stereocenters. The van der Waals surface area contributed by atoms with Gasteiger partial charge in [0.15, 0.2) is 0 Å². The number of carbonyl (C=O) groups is 1. The SMILES string of the molecule is CN1[C@@H](C(=O)O)CC[C@@H]1[CH-]CO[C](=[Ni])c1ccccc1O. The van der Waals surface area contributed by atoms with Crippen molar-refractivity contribution in [3.63, 3.8) is 0 Å². The van der Waals surface area contributed by atoms with Crippen LogP contribution in [0.25, 0.3) is 0 Å². The number of benzene rings is 1. The fourth-order valence-corrected chi connectivity index (χ4v) is 2.77. The van der Waals surface area contributed by atoms with Gasteiger partial charge in [0.2, 0.25) is 0 Å². The maximum atomic E-state index is 11.0. The third kappa shape index (κ3) is 3.91. The van der Waals surface area contributed by atoms with Gasteiger partial charge in [-0.1, -0.05) is 0 Å². The van der Waals surface area contributed by atoms with Crippen molar-refractivity contribution in [2.75, 3.05) is 13.7 Å². The Morgan fingerprint density at radius 3 is 2.81 bits per heavy atom. The number of likely N-dealkylation sites (N-methyl/N-ethyl adjacent to an activating group) is 1. The third-order valence-corrected chi connectivity index (χ3v) is 4.11. The second-order valence-electron chi connectivity index (χ2n) is 4.97. The molecule has 0 bridgehead atoms. The number of carboxylic acids is 1. The van der Waals surface area contributed by atoms with Gasteiger partial charge < -0.3 is 0 Å². The van der Waals surface area contributed by atoms with Crippen molar-refractivity contribution in [3.05, 3.63) is 36.2 Å². The molecule has 5 nitrogen and oxygen atoms in total. The van der Waals surface area contributed by atoms with E-state index in [1.165, 1.54) is 0 Å². The van der Waals surface area contributed by atoms with E-state index in [9.17, 15) is 9.90 Å². The van der Waals surface area contributed by atoms with Crippen LogP contribution in [0.2, 0.25) is 0 Å². The van der Waals surface area contributed by atoms with Crippen LogP contribution in [0.3, 0.4) is 0 Å². The van der Waals surface area contributed by atoms with Crippen LogP contribution in [0.5, 0.6) is 5.75 Å². The number of carboxylic acid groups (broad SMARTS) is 1. The number of rotatable bonds is 6. The van der Waals surface area contributed by atoms with Gasteiger partial charge in [-0.2, -0.15) is 0 Å². The number of hydrogen-bond acceptors (Lipinski definition) is 4. The Kier molecular flexibility index (Phi) is 5.51. The van der Waals surface area contributed by atoms with Crippen molar-refractivity contribution in [1.82, 2.24) is 4.90 Å². The summed E-state index contributed by atoms with van der Waals surface area (Å²) >= 11 is 4.80. The number of nitrogens with zero attached hydrogens (tertiary/aromatic N) is 1. The van der Waals surface area contributed by atoms with Crippen LogP contribution < -0.4 is 0 Å². The van der Waals surface area contributed by atoms with Crippen LogP contribution in [0.15, 0.2) is 24.3 Å². The van der Waals surface area contributed by atoms with E-state index >= 15 is 0 Å². The molecule has 1 heterocycles. The van der Waals surface area contributed by atoms with Crippen LogP contribution >= 0.6 is 0 Å². The molecular weight excluding hydrogens is 317 g/mol. The molecule has 2 rings (SSSR count). The molecule has 0 spiro atoms. The van der Waals surface area contributed by atoms with E-state index in [-0.39, 0.29) is 16.5 Å². The monoisotopic (exact) mass is 334 g/mol. The van der Waals surface area contributed by atoms with E-state index in [2.05, 4.69) is 0 Å². The quantitative estimate of drug-likeness (QED) is 0.604. The summed E-state index contributed by atoms with van der Waals surface area (Å²) < 4.78 is 5.75. The van der Waals surface area contributed by atoms with E-state index in [0.717, 1.165) is 6.42 Å². The maximum absolute atomic E-state index is 11.0. The first-order valence-corrected chi connectivity index (χ1v) is 7.18. The minimum atomic E-state index is -0.790. The summed E-state index contributed by atoms with van der Waals surface area (Å²) in [5, 5.41) is 18.7. The Balaban J connectivity index is 1.81. The molecule has 0 amide bonds. The van der Waals surface area contributed by atoms with E-state index < -0.39 is 12.0 Å². The van der Waals surface area contributed by atoms with Gasteiger partial charge in [0.05, 0.1) is 0 Å². The average Bonchev–Trinajstić information content (AvgIpc) is 2.81. The van der Waals surface area contributed by atoms with Crippen molar-refractivity contribution in [3.8, 4) is 5.75 Å². The zero-order valence-electron chi connectivity index (χ0n) is 11.6. The second kappa shape index (κ2) is 7.16. The zero-order valence-corrected chi connectivity index (χ0v) is 12.6. The first-order valence-electron chi connectivity index (χ1n) is 6.69. The van der Waals surface area contributed by atoms with E-state index in [0.29, 0.717) is 18.6 Å². The summed E-state index contributed by atoms with van der Waals surface area (Å²) in [4.78, 5) is 12.9. The molecule has 1 aromatic rings. The molecule has 1 saturated heterocycles. The number of likely N-dealkylation sites (tertiary alicyclic amines) is 1. The van der Waals surface area contributed by atoms with Gasteiger partial charge in [0, 0.05) is 0 Å². The fraction of sp³-hybridized carbons (Fsp3) is 0.400. The Hall–Kier alpha value is -1.23. The zero-order chi connectivity index (χ0) is 15.4. The number of ether oxygens (including phenoxy) is 1. The Bertz CT molecular complexity index is 534. The van der Waals surface area contributed by atoms with Crippen LogP contribution in [0, 0.1) is 6.42 Å². The summed E-state index contributed by atoms with van der Waals surface area (Å²) in [6, 6.07) is 6.41. The van der Waals surface area contributed by atoms with E-state index in [1.54, 1.807) is 31.3 Å². The predicted molar refractivity (Wildman–Crippen MR) is 74.7 cm³/mol. The number of aromatic hydroxyl groups is 1. The summed E-state index contributed by atoms with van der Waals surface area (Å²) in [7, 11) is 1.80. The van der Waals surface area contributed by atoms with Crippen molar-refractivity contribution in [2.24, 2.45) is 0 Å². The first kappa shape index (κ1) is 16.1. The summed E-state index contributed by atoms with van der Waals surface area (Å²) in [6.45, 7) is 0.297. The topological polar surface area (TPSA) is 70.0 Å². The molecule has 2 atom stereocenters. The molecule has 6 heteroatoms. The first-order chi connectivity index (χ1) is 10.0. The Labute approximate surface area is 131 Å². The van der Waals surface area contributed by atoms with Gasteiger partial charge in [-0.05, 0) is 0 Å². The van der Waals surface area contributed by atoms with Crippen LogP contribution in [-0.4, -0.2) is 51.5 Å². The van der Waals surface area contributed by atoms with Crippen LogP contribution in [-0.2, 0) is 24.6 Å². The third-order valence-electron chi connectivity index (χ3n) is 3.70. The van der Waals surface area contributed by atoms with Gasteiger partial charge in [0.25, 0.3) is 0 Å². The summed E-state index contributed by atoms with van der Waals surface area (Å²) in [5.74, 6) is -0.691. The van der Waals surface area contributed by atoms with E-state index in [4.69, 9.17) is 24.9 Å². The Morgan fingerprint density at radius 1 is 1.48 bits per heavy atom. The molecule has 1 fully saturated rings. The molecule has 0 aromatic heterocycles.